The van der Waals surface area contributed by atoms with Gasteiger partial charge in [0.25, 0.3) is 0 Å². The molecule has 0 saturated heterocycles. The molecule has 0 bridgehead atoms. The van der Waals surface area contributed by atoms with Crippen LogP contribution in [0.25, 0.3) is 10.9 Å². The van der Waals surface area contributed by atoms with Crippen molar-refractivity contribution in [2.24, 2.45) is 0 Å². The van der Waals surface area contributed by atoms with Crippen LogP contribution in [0.1, 0.15) is 39.7 Å². The summed E-state index contributed by atoms with van der Waals surface area (Å²) in [5, 5.41) is 1.08. The number of rotatable bonds is 5. The van der Waals surface area contributed by atoms with Crippen molar-refractivity contribution in [2.75, 3.05) is 4.90 Å². The molecule has 36 heavy (non-hydrogen) atoms. The van der Waals surface area contributed by atoms with Gasteiger partial charge in [-0.25, -0.2) is 4.79 Å². The van der Waals surface area contributed by atoms with Gasteiger partial charge in [-0.15, -0.1) is 0 Å². The van der Waals surface area contributed by atoms with E-state index < -0.39 is 5.72 Å². The van der Waals surface area contributed by atoms with Gasteiger partial charge in [-0.1, -0.05) is 66.7 Å². The number of cyclic esters (lactones) is 1. The predicted molar refractivity (Wildman–Crippen MR) is 145 cm³/mol. The Kier molecular flexibility index (Phi) is 5.18. The first-order chi connectivity index (χ1) is 17.6. The third kappa shape index (κ3) is 3.11. The molecule has 0 saturated carbocycles. The second-order valence-corrected chi connectivity index (χ2v) is 9.31. The van der Waals surface area contributed by atoms with Gasteiger partial charge in [0.15, 0.2) is 0 Å². The molecule has 2 heterocycles. The zero-order chi connectivity index (χ0) is 24.9. The number of aromatic nitrogens is 1. The van der Waals surface area contributed by atoms with E-state index in [-0.39, 0.29) is 5.97 Å². The molecule has 0 N–H and O–H groups in total. The van der Waals surface area contributed by atoms with Crippen LogP contribution in [0.15, 0.2) is 103 Å². The van der Waals surface area contributed by atoms with Crippen molar-refractivity contribution in [1.82, 2.24) is 4.57 Å². The molecule has 1 aliphatic rings. The fraction of sp³-hybridized carbons (Fsp3) is 0.156. The Balaban J connectivity index is 1.80. The SMILES string of the molecule is CCn1c(C)c(C2(N(c3ccccc3)c3cccc(C)c3)OC(=O)c3ccccc32)c2ccccc21. The molecule has 0 spiro atoms. The first kappa shape index (κ1) is 22.2. The van der Waals surface area contributed by atoms with Gasteiger partial charge in [0.1, 0.15) is 0 Å². The van der Waals surface area contributed by atoms with Crippen LogP contribution < -0.4 is 4.90 Å². The maximum atomic E-state index is 13.6. The molecule has 6 rings (SSSR count). The monoisotopic (exact) mass is 472 g/mol. The number of para-hydroxylation sites is 2. The standard InChI is InChI=1S/C32H28N2O2/c1-4-33-23(3)30(27-18-9-11-20-29(27)33)32(28-19-10-8-17-26(28)31(35)36-32)34(24-14-6-5-7-15-24)25-16-12-13-22(2)21-25/h5-21H,4H2,1-3H3. The molecule has 1 aromatic heterocycles. The Morgan fingerprint density at radius 1 is 0.806 bits per heavy atom. The number of esters is 1. The molecule has 0 fully saturated rings. The predicted octanol–water partition coefficient (Wildman–Crippen LogP) is 7.49. The van der Waals surface area contributed by atoms with Crippen LogP contribution in [-0.4, -0.2) is 10.5 Å². The van der Waals surface area contributed by atoms with Crippen LogP contribution in [0.5, 0.6) is 0 Å². The van der Waals surface area contributed by atoms with Crippen molar-refractivity contribution in [3.8, 4) is 0 Å². The Bertz CT molecular complexity index is 1600. The van der Waals surface area contributed by atoms with Crippen LogP contribution in [0.3, 0.4) is 0 Å². The number of hydrogen-bond acceptors (Lipinski definition) is 3. The number of anilines is 2. The summed E-state index contributed by atoms with van der Waals surface area (Å²) >= 11 is 0. The zero-order valence-electron chi connectivity index (χ0n) is 20.7. The quantitative estimate of drug-likeness (QED) is 0.249. The van der Waals surface area contributed by atoms with E-state index >= 15 is 0 Å². The number of carbonyl (C=O) groups excluding carboxylic acids is 1. The summed E-state index contributed by atoms with van der Waals surface area (Å²) in [6, 6.07) is 34.8. The van der Waals surface area contributed by atoms with Crippen LogP contribution in [0.4, 0.5) is 11.4 Å². The molecule has 4 heteroatoms. The first-order valence-electron chi connectivity index (χ1n) is 12.4. The lowest BCUT2D eigenvalue weighted by atomic mass is 9.88. The maximum absolute atomic E-state index is 13.6. The zero-order valence-corrected chi connectivity index (χ0v) is 20.7. The fourth-order valence-corrected chi connectivity index (χ4v) is 5.79. The minimum atomic E-state index is -1.19. The molecule has 0 aliphatic carbocycles. The lowest BCUT2D eigenvalue weighted by Gasteiger charge is -2.42. The molecule has 0 amide bonds. The highest BCUT2D eigenvalue weighted by atomic mass is 16.6. The summed E-state index contributed by atoms with van der Waals surface area (Å²) < 4.78 is 8.94. The Morgan fingerprint density at radius 2 is 1.50 bits per heavy atom. The number of hydrogen-bond donors (Lipinski definition) is 0. The van der Waals surface area contributed by atoms with Crippen molar-refractivity contribution < 1.29 is 9.53 Å². The van der Waals surface area contributed by atoms with E-state index in [0.29, 0.717) is 5.56 Å². The number of benzene rings is 4. The van der Waals surface area contributed by atoms with E-state index in [2.05, 4.69) is 90.9 Å². The van der Waals surface area contributed by atoms with Crippen LogP contribution in [0.2, 0.25) is 0 Å². The van der Waals surface area contributed by atoms with E-state index in [1.807, 2.05) is 42.5 Å². The second kappa shape index (κ2) is 8.42. The second-order valence-electron chi connectivity index (χ2n) is 9.31. The molecule has 4 nitrogen and oxygen atoms in total. The summed E-state index contributed by atoms with van der Waals surface area (Å²) in [6.45, 7) is 7.19. The average Bonchev–Trinajstić information content (AvgIpc) is 3.36. The fourth-order valence-electron chi connectivity index (χ4n) is 5.79. The summed E-state index contributed by atoms with van der Waals surface area (Å²) in [6.07, 6.45) is 0. The molecular formula is C32H28N2O2. The van der Waals surface area contributed by atoms with Gasteiger partial charge in [0.2, 0.25) is 5.72 Å². The van der Waals surface area contributed by atoms with E-state index in [1.165, 1.54) is 0 Å². The summed E-state index contributed by atoms with van der Waals surface area (Å²) in [5.74, 6) is -0.313. The highest BCUT2D eigenvalue weighted by molar-refractivity contribution is 5.99. The van der Waals surface area contributed by atoms with Gasteiger partial charge in [0, 0.05) is 40.1 Å². The number of fused-ring (bicyclic) bond motifs is 2. The molecule has 1 atom stereocenters. The first-order valence-corrected chi connectivity index (χ1v) is 12.4. The normalized spacial score (nSPS) is 16.7. The highest BCUT2D eigenvalue weighted by Crippen LogP contribution is 2.53. The Hall–Kier alpha value is -4.31. The van der Waals surface area contributed by atoms with Gasteiger partial charge in [-0.05, 0) is 62.7 Å². The van der Waals surface area contributed by atoms with E-state index in [0.717, 1.165) is 51.2 Å². The van der Waals surface area contributed by atoms with Crippen molar-refractivity contribution in [3.63, 3.8) is 0 Å². The van der Waals surface area contributed by atoms with Crippen LogP contribution in [-0.2, 0) is 17.0 Å². The van der Waals surface area contributed by atoms with Gasteiger partial charge < -0.3 is 9.30 Å². The minimum absolute atomic E-state index is 0.313. The average molecular weight is 473 g/mol. The summed E-state index contributed by atoms with van der Waals surface area (Å²) in [5.41, 5.74) is 6.49. The molecule has 4 aromatic carbocycles. The summed E-state index contributed by atoms with van der Waals surface area (Å²) in [4.78, 5) is 15.7. The topological polar surface area (TPSA) is 34.5 Å². The molecule has 0 radical (unpaired) electrons. The number of aryl methyl sites for hydroxylation is 2. The largest absolute Gasteiger partial charge is 0.426 e. The van der Waals surface area contributed by atoms with Gasteiger partial charge in [0.05, 0.1) is 11.1 Å². The van der Waals surface area contributed by atoms with Crippen molar-refractivity contribution in [2.45, 2.75) is 33.0 Å². The molecule has 178 valence electrons. The van der Waals surface area contributed by atoms with Crippen molar-refractivity contribution in [1.29, 1.82) is 0 Å². The van der Waals surface area contributed by atoms with Crippen molar-refractivity contribution in [3.05, 3.63) is 131 Å². The number of carbonyl (C=O) groups is 1. The molecule has 5 aromatic rings. The summed E-state index contributed by atoms with van der Waals surface area (Å²) in [7, 11) is 0. The van der Waals surface area contributed by atoms with Crippen LogP contribution >= 0.6 is 0 Å². The van der Waals surface area contributed by atoms with Crippen LogP contribution in [0, 0.1) is 13.8 Å². The van der Waals surface area contributed by atoms with Gasteiger partial charge in [-0.3, -0.25) is 4.90 Å². The number of ether oxygens (including phenoxy) is 1. The third-order valence-corrected chi connectivity index (χ3v) is 7.23. The lowest BCUT2D eigenvalue weighted by Crippen LogP contribution is -2.45. The molecular weight excluding hydrogens is 444 g/mol. The third-order valence-electron chi connectivity index (χ3n) is 7.23. The Labute approximate surface area is 211 Å². The van der Waals surface area contributed by atoms with Gasteiger partial charge in [-0.2, -0.15) is 0 Å². The maximum Gasteiger partial charge on any atom is 0.341 e. The van der Waals surface area contributed by atoms with Gasteiger partial charge >= 0.3 is 5.97 Å². The van der Waals surface area contributed by atoms with E-state index in [1.54, 1.807) is 0 Å². The number of nitrogens with zero attached hydrogens (tertiary/aromatic N) is 2. The smallest absolute Gasteiger partial charge is 0.341 e. The minimum Gasteiger partial charge on any atom is -0.426 e. The van der Waals surface area contributed by atoms with Crippen molar-refractivity contribution >= 4 is 28.2 Å². The van der Waals surface area contributed by atoms with E-state index in [9.17, 15) is 4.79 Å². The lowest BCUT2D eigenvalue weighted by molar-refractivity contribution is 0.0136. The molecule has 1 aliphatic heterocycles. The Morgan fingerprint density at radius 3 is 2.28 bits per heavy atom. The van der Waals surface area contributed by atoms with E-state index in [4.69, 9.17) is 4.74 Å². The molecule has 1 unspecified atom stereocenters. The highest BCUT2D eigenvalue weighted by Gasteiger charge is 2.54.